The summed E-state index contributed by atoms with van der Waals surface area (Å²) in [6.07, 6.45) is 2.83. The molecule has 5 heteroatoms. The predicted molar refractivity (Wildman–Crippen MR) is 69.6 cm³/mol. The van der Waals surface area contributed by atoms with Gasteiger partial charge in [0.15, 0.2) is 0 Å². The van der Waals surface area contributed by atoms with Crippen molar-refractivity contribution in [3.63, 3.8) is 0 Å². The van der Waals surface area contributed by atoms with Crippen LogP contribution in [0, 0.1) is 11.7 Å². The van der Waals surface area contributed by atoms with Crippen LogP contribution in [-0.2, 0) is 4.74 Å². The normalized spacial score (nSPS) is 18.8. The minimum atomic E-state index is -0.308. The third-order valence-electron chi connectivity index (χ3n) is 3.45. The van der Waals surface area contributed by atoms with Gasteiger partial charge in [0, 0.05) is 29.8 Å². The number of benzene rings is 1. The quantitative estimate of drug-likeness (QED) is 0.654. The molecule has 0 spiro atoms. The molecule has 2 rings (SSSR count). The Morgan fingerprint density at radius 3 is 2.78 bits per heavy atom. The number of hydrogen-bond donors (Lipinski definition) is 2. The van der Waals surface area contributed by atoms with Crippen LogP contribution < -0.4 is 11.3 Å². The van der Waals surface area contributed by atoms with E-state index in [1.807, 2.05) is 0 Å². The average molecular weight is 273 g/mol. The van der Waals surface area contributed by atoms with Gasteiger partial charge in [0.05, 0.1) is 0 Å². The molecule has 100 valence electrons. The zero-order valence-electron chi connectivity index (χ0n) is 10.2. The van der Waals surface area contributed by atoms with Crippen molar-refractivity contribution in [3.05, 3.63) is 34.6 Å². The van der Waals surface area contributed by atoms with Crippen LogP contribution >= 0.6 is 11.6 Å². The van der Waals surface area contributed by atoms with E-state index in [2.05, 4.69) is 5.43 Å². The fourth-order valence-electron chi connectivity index (χ4n) is 2.38. The van der Waals surface area contributed by atoms with Gasteiger partial charge < -0.3 is 4.74 Å². The summed E-state index contributed by atoms with van der Waals surface area (Å²) in [5.41, 5.74) is 3.28. The second kappa shape index (κ2) is 6.48. The first-order valence-electron chi connectivity index (χ1n) is 6.19. The summed E-state index contributed by atoms with van der Waals surface area (Å²) >= 11 is 5.75. The maximum Gasteiger partial charge on any atom is 0.129 e. The van der Waals surface area contributed by atoms with Gasteiger partial charge in [-0.2, -0.15) is 0 Å². The lowest BCUT2D eigenvalue weighted by atomic mass is 9.89. The SMILES string of the molecule is NNC(CC1CCOCC1)c1ccc(Cl)cc1F. The molecule has 3 N–H and O–H groups in total. The molecule has 1 fully saturated rings. The molecule has 1 aliphatic rings. The second-order valence-electron chi connectivity index (χ2n) is 4.68. The maximum absolute atomic E-state index is 13.8. The predicted octanol–water partition coefficient (Wildman–Crippen LogP) is 2.80. The highest BCUT2D eigenvalue weighted by Gasteiger charge is 2.21. The van der Waals surface area contributed by atoms with Crippen molar-refractivity contribution in [1.29, 1.82) is 0 Å². The van der Waals surface area contributed by atoms with Crippen LogP contribution in [0.5, 0.6) is 0 Å². The van der Waals surface area contributed by atoms with Crippen LogP contribution in [0.4, 0.5) is 4.39 Å². The minimum absolute atomic E-state index is 0.176. The Morgan fingerprint density at radius 2 is 2.17 bits per heavy atom. The Hall–Kier alpha value is -0.680. The van der Waals surface area contributed by atoms with Crippen molar-refractivity contribution < 1.29 is 9.13 Å². The van der Waals surface area contributed by atoms with Gasteiger partial charge in [0.25, 0.3) is 0 Å². The maximum atomic E-state index is 13.8. The second-order valence-corrected chi connectivity index (χ2v) is 5.11. The molecule has 0 radical (unpaired) electrons. The van der Waals surface area contributed by atoms with Crippen molar-refractivity contribution in [2.24, 2.45) is 11.8 Å². The monoisotopic (exact) mass is 272 g/mol. The zero-order valence-corrected chi connectivity index (χ0v) is 10.9. The molecular weight excluding hydrogens is 255 g/mol. The first-order chi connectivity index (χ1) is 8.70. The van der Waals surface area contributed by atoms with Crippen molar-refractivity contribution in [1.82, 2.24) is 5.43 Å². The van der Waals surface area contributed by atoms with Gasteiger partial charge in [-0.3, -0.25) is 11.3 Å². The van der Waals surface area contributed by atoms with Crippen molar-refractivity contribution in [2.45, 2.75) is 25.3 Å². The van der Waals surface area contributed by atoms with E-state index in [1.165, 1.54) is 6.07 Å². The molecule has 1 heterocycles. The summed E-state index contributed by atoms with van der Waals surface area (Å²) < 4.78 is 19.2. The lowest BCUT2D eigenvalue weighted by Crippen LogP contribution is -2.31. The van der Waals surface area contributed by atoms with E-state index in [9.17, 15) is 4.39 Å². The lowest BCUT2D eigenvalue weighted by Gasteiger charge is -2.26. The van der Waals surface area contributed by atoms with E-state index in [1.54, 1.807) is 12.1 Å². The fourth-order valence-corrected chi connectivity index (χ4v) is 2.54. The standard InChI is InChI=1S/C13H18ClFN2O/c14-10-1-2-11(12(15)8-10)13(17-16)7-9-3-5-18-6-4-9/h1-2,8-9,13,17H,3-7,16H2. The van der Waals surface area contributed by atoms with Crippen LogP contribution in [0.25, 0.3) is 0 Å². The molecule has 0 amide bonds. The topological polar surface area (TPSA) is 47.3 Å². The van der Waals surface area contributed by atoms with Crippen LogP contribution in [0.3, 0.4) is 0 Å². The summed E-state index contributed by atoms with van der Waals surface area (Å²) in [7, 11) is 0. The van der Waals surface area contributed by atoms with Crippen LogP contribution in [0.1, 0.15) is 30.9 Å². The third kappa shape index (κ3) is 3.42. The Labute approximate surface area is 111 Å². The molecule has 3 nitrogen and oxygen atoms in total. The van der Waals surface area contributed by atoms with Crippen molar-refractivity contribution >= 4 is 11.6 Å². The highest BCUT2D eigenvalue weighted by atomic mass is 35.5. The van der Waals surface area contributed by atoms with E-state index in [4.69, 9.17) is 22.2 Å². The molecule has 0 aliphatic carbocycles. The Balaban J connectivity index is 2.07. The third-order valence-corrected chi connectivity index (χ3v) is 3.68. The molecule has 0 saturated carbocycles. The number of rotatable bonds is 4. The zero-order chi connectivity index (χ0) is 13.0. The lowest BCUT2D eigenvalue weighted by molar-refractivity contribution is 0.0604. The van der Waals surface area contributed by atoms with Gasteiger partial charge in [-0.1, -0.05) is 17.7 Å². The molecule has 1 saturated heterocycles. The molecule has 1 unspecified atom stereocenters. The molecule has 1 aliphatic heterocycles. The molecule has 0 bridgehead atoms. The number of nitrogens with two attached hydrogens (primary N) is 1. The first kappa shape index (κ1) is 13.7. The van der Waals surface area contributed by atoms with E-state index in [-0.39, 0.29) is 11.9 Å². The largest absolute Gasteiger partial charge is 0.381 e. The molecular formula is C13H18ClFN2O. The summed E-state index contributed by atoms with van der Waals surface area (Å²) in [4.78, 5) is 0. The highest BCUT2D eigenvalue weighted by molar-refractivity contribution is 6.30. The van der Waals surface area contributed by atoms with E-state index >= 15 is 0 Å². The molecule has 0 aromatic heterocycles. The van der Waals surface area contributed by atoms with Gasteiger partial charge in [0.1, 0.15) is 5.82 Å². The Kier molecular flexibility index (Phi) is 4.95. The summed E-state index contributed by atoms with van der Waals surface area (Å²) in [5, 5.41) is 0.401. The van der Waals surface area contributed by atoms with Crippen LogP contribution in [0.2, 0.25) is 5.02 Å². The van der Waals surface area contributed by atoms with Gasteiger partial charge in [-0.15, -0.1) is 0 Å². The van der Waals surface area contributed by atoms with Gasteiger partial charge in [-0.25, -0.2) is 4.39 Å². The van der Waals surface area contributed by atoms with Crippen molar-refractivity contribution in [2.75, 3.05) is 13.2 Å². The van der Waals surface area contributed by atoms with Gasteiger partial charge >= 0.3 is 0 Å². The number of nitrogens with one attached hydrogen (secondary N) is 1. The first-order valence-corrected chi connectivity index (χ1v) is 6.57. The summed E-state index contributed by atoms with van der Waals surface area (Å²) in [5.74, 6) is 5.76. The summed E-state index contributed by atoms with van der Waals surface area (Å²) in [6, 6.07) is 4.53. The fraction of sp³-hybridized carbons (Fsp3) is 0.538. The number of halogens is 2. The molecule has 1 aromatic rings. The van der Waals surface area contributed by atoms with Crippen molar-refractivity contribution in [3.8, 4) is 0 Å². The molecule has 1 atom stereocenters. The minimum Gasteiger partial charge on any atom is -0.381 e. The van der Waals surface area contributed by atoms with Gasteiger partial charge in [-0.05, 0) is 37.3 Å². The number of ether oxygens (including phenoxy) is 1. The van der Waals surface area contributed by atoms with E-state index < -0.39 is 0 Å². The Morgan fingerprint density at radius 1 is 1.44 bits per heavy atom. The Bertz CT molecular complexity index is 397. The molecule has 18 heavy (non-hydrogen) atoms. The van der Waals surface area contributed by atoms with Crippen LogP contribution in [0.15, 0.2) is 18.2 Å². The van der Waals surface area contributed by atoms with E-state index in [0.717, 1.165) is 32.5 Å². The average Bonchev–Trinajstić information content (AvgIpc) is 2.38. The number of hydrogen-bond acceptors (Lipinski definition) is 3. The van der Waals surface area contributed by atoms with Gasteiger partial charge in [0.2, 0.25) is 0 Å². The smallest absolute Gasteiger partial charge is 0.129 e. The highest BCUT2D eigenvalue weighted by Crippen LogP contribution is 2.29. The molecule has 1 aromatic carbocycles. The summed E-state index contributed by atoms with van der Waals surface area (Å²) in [6.45, 7) is 1.57. The van der Waals surface area contributed by atoms with E-state index in [0.29, 0.717) is 16.5 Å². The van der Waals surface area contributed by atoms with Crippen LogP contribution in [-0.4, -0.2) is 13.2 Å². The number of hydrazine groups is 1.